The molecule has 0 saturated carbocycles. The molecule has 0 aliphatic heterocycles. The van der Waals surface area contributed by atoms with Crippen molar-refractivity contribution in [3.8, 4) is 17.2 Å². The van der Waals surface area contributed by atoms with Crippen LogP contribution in [-0.2, 0) is 11.5 Å². The van der Waals surface area contributed by atoms with Gasteiger partial charge in [0.15, 0.2) is 5.75 Å². The van der Waals surface area contributed by atoms with Crippen LogP contribution in [0.4, 0.5) is 0 Å². The van der Waals surface area contributed by atoms with Gasteiger partial charge in [-0.25, -0.2) is 0 Å². The predicted molar refractivity (Wildman–Crippen MR) is 81.4 cm³/mol. The second kappa shape index (κ2) is 5.58. The Labute approximate surface area is 121 Å². The van der Waals surface area contributed by atoms with Crippen molar-refractivity contribution in [2.45, 2.75) is 41.0 Å². The van der Waals surface area contributed by atoms with Crippen LogP contribution >= 0.6 is 0 Å². The van der Waals surface area contributed by atoms with Crippen LogP contribution in [0.3, 0.4) is 0 Å². The Kier molecular flexibility index (Phi) is 4.03. The minimum atomic E-state index is 0.0775. The van der Waals surface area contributed by atoms with Crippen LogP contribution in [0.5, 0.6) is 17.2 Å². The van der Waals surface area contributed by atoms with Crippen LogP contribution in [0.15, 0.2) is 24.3 Å². The molecule has 0 atom stereocenters. The maximum atomic E-state index is 11.6. The Hall–Kier alpha value is -1.96. The maximum Gasteiger partial charge on any atom is 0.182 e. The first kappa shape index (κ1) is 14.4. The summed E-state index contributed by atoms with van der Waals surface area (Å²) in [6.45, 7) is 10.3. The summed E-state index contributed by atoms with van der Waals surface area (Å²) in [7, 11) is 0. The molecule has 2 aromatic carbocycles. The number of benzene rings is 2. The molecule has 0 amide bonds. The first-order valence-corrected chi connectivity index (χ1v) is 6.99. The number of ether oxygens (including phenoxy) is 1. The van der Waals surface area contributed by atoms with E-state index in [4.69, 9.17) is 4.74 Å². The third-order valence-electron chi connectivity index (χ3n) is 3.93. The molecule has 20 heavy (non-hydrogen) atoms. The van der Waals surface area contributed by atoms with Gasteiger partial charge < -0.3 is 4.74 Å². The lowest BCUT2D eigenvalue weighted by Gasteiger charge is -2.16. The quantitative estimate of drug-likeness (QED) is 0.731. The first-order valence-electron chi connectivity index (χ1n) is 6.99. The summed E-state index contributed by atoms with van der Waals surface area (Å²) in [5.41, 5.74) is 5.54. The van der Waals surface area contributed by atoms with Crippen LogP contribution in [0.1, 0.15) is 34.7 Å². The van der Waals surface area contributed by atoms with Gasteiger partial charge in [-0.05, 0) is 74.6 Å². The molecule has 2 rings (SSSR count). The van der Waals surface area contributed by atoms with E-state index in [1.165, 1.54) is 11.1 Å². The fourth-order valence-corrected chi connectivity index (χ4v) is 2.35. The average Bonchev–Trinajstić information content (AvgIpc) is 2.43. The van der Waals surface area contributed by atoms with Crippen molar-refractivity contribution in [1.82, 2.24) is 0 Å². The maximum absolute atomic E-state index is 11.6. The van der Waals surface area contributed by atoms with E-state index < -0.39 is 0 Å². The summed E-state index contributed by atoms with van der Waals surface area (Å²) < 4.78 is 6.06. The minimum absolute atomic E-state index is 0.0775. The van der Waals surface area contributed by atoms with Crippen LogP contribution in [0.25, 0.3) is 0 Å². The number of hydrogen-bond donors (Lipinski definition) is 0. The highest BCUT2D eigenvalue weighted by molar-refractivity contribution is 5.51. The number of rotatable bonds is 3. The standard InChI is InChI=1S/C18H21O2/c1-6-15-10-16(7-8-17(15)19)20-18-13(4)11(2)9-12(3)14(18)5/h7-10H,6H2,1-5H3. The van der Waals surface area contributed by atoms with Gasteiger partial charge in [-0.3, -0.25) is 5.11 Å². The van der Waals surface area contributed by atoms with Crippen molar-refractivity contribution in [3.05, 3.63) is 52.1 Å². The molecular weight excluding hydrogens is 248 g/mol. The molecule has 0 saturated heterocycles. The van der Waals surface area contributed by atoms with Gasteiger partial charge in [-0.1, -0.05) is 13.0 Å². The van der Waals surface area contributed by atoms with Crippen molar-refractivity contribution in [1.29, 1.82) is 0 Å². The summed E-state index contributed by atoms with van der Waals surface area (Å²) in [4.78, 5) is 0. The predicted octanol–water partition coefficient (Wildman–Crippen LogP) is 5.42. The van der Waals surface area contributed by atoms with E-state index in [0.717, 1.165) is 34.6 Å². The normalized spacial score (nSPS) is 10.7. The van der Waals surface area contributed by atoms with Gasteiger partial charge in [0.25, 0.3) is 0 Å². The lowest BCUT2D eigenvalue weighted by Crippen LogP contribution is -1.96. The molecule has 0 bridgehead atoms. The number of aryl methyl sites for hydroxylation is 3. The van der Waals surface area contributed by atoms with E-state index in [1.807, 2.05) is 13.0 Å². The molecule has 1 radical (unpaired) electrons. The van der Waals surface area contributed by atoms with E-state index in [1.54, 1.807) is 12.1 Å². The molecule has 0 spiro atoms. The molecule has 0 aliphatic rings. The molecule has 0 N–H and O–H groups in total. The minimum Gasteiger partial charge on any atom is -0.457 e. The Morgan fingerprint density at radius 1 is 0.950 bits per heavy atom. The third kappa shape index (κ3) is 2.64. The lowest BCUT2D eigenvalue weighted by molar-refractivity contribution is 0.349. The van der Waals surface area contributed by atoms with E-state index in [2.05, 4.69) is 33.8 Å². The second-order valence-corrected chi connectivity index (χ2v) is 5.31. The molecule has 0 unspecified atom stereocenters. The van der Waals surface area contributed by atoms with Crippen molar-refractivity contribution >= 4 is 0 Å². The molecular formula is C18H21O2. The van der Waals surface area contributed by atoms with Gasteiger partial charge in [0.1, 0.15) is 11.5 Å². The van der Waals surface area contributed by atoms with Crippen molar-refractivity contribution in [2.75, 3.05) is 0 Å². The second-order valence-electron chi connectivity index (χ2n) is 5.31. The van der Waals surface area contributed by atoms with E-state index >= 15 is 0 Å². The Balaban J connectivity index is 2.45. The zero-order valence-corrected chi connectivity index (χ0v) is 12.8. The van der Waals surface area contributed by atoms with Crippen molar-refractivity contribution in [3.63, 3.8) is 0 Å². The topological polar surface area (TPSA) is 29.1 Å². The zero-order valence-electron chi connectivity index (χ0n) is 12.8. The van der Waals surface area contributed by atoms with Gasteiger partial charge in [-0.2, -0.15) is 0 Å². The molecule has 0 aromatic heterocycles. The monoisotopic (exact) mass is 269 g/mol. The summed E-state index contributed by atoms with van der Waals surface area (Å²) in [6, 6.07) is 7.36. The first-order chi connectivity index (χ1) is 9.43. The molecule has 0 heterocycles. The van der Waals surface area contributed by atoms with Gasteiger partial charge in [-0.15, -0.1) is 0 Å². The molecule has 2 aromatic rings. The van der Waals surface area contributed by atoms with E-state index in [-0.39, 0.29) is 5.75 Å². The summed E-state index contributed by atoms with van der Waals surface area (Å²) in [6.07, 6.45) is 0.723. The summed E-state index contributed by atoms with van der Waals surface area (Å²) >= 11 is 0. The molecule has 105 valence electrons. The molecule has 0 fully saturated rings. The fraction of sp³-hybridized carbons (Fsp3) is 0.333. The molecule has 2 heteroatoms. The summed E-state index contributed by atoms with van der Waals surface area (Å²) in [5, 5.41) is 11.6. The van der Waals surface area contributed by atoms with Gasteiger partial charge in [0.05, 0.1) is 0 Å². The third-order valence-corrected chi connectivity index (χ3v) is 3.93. The molecule has 2 nitrogen and oxygen atoms in total. The smallest absolute Gasteiger partial charge is 0.182 e. The Bertz CT molecular complexity index is 616. The average molecular weight is 269 g/mol. The van der Waals surface area contributed by atoms with E-state index in [0.29, 0.717) is 0 Å². The van der Waals surface area contributed by atoms with Crippen LogP contribution in [0, 0.1) is 27.7 Å². The van der Waals surface area contributed by atoms with E-state index in [9.17, 15) is 5.11 Å². The van der Waals surface area contributed by atoms with Gasteiger partial charge in [0.2, 0.25) is 0 Å². The van der Waals surface area contributed by atoms with Gasteiger partial charge >= 0.3 is 0 Å². The Morgan fingerprint density at radius 3 is 2.10 bits per heavy atom. The fourth-order valence-electron chi connectivity index (χ4n) is 2.35. The van der Waals surface area contributed by atoms with Crippen LogP contribution in [-0.4, -0.2) is 0 Å². The van der Waals surface area contributed by atoms with Crippen LogP contribution < -0.4 is 4.74 Å². The van der Waals surface area contributed by atoms with Crippen molar-refractivity contribution < 1.29 is 9.84 Å². The Morgan fingerprint density at radius 2 is 1.55 bits per heavy atom. The van der Waals surface area contributed by atoms with Gasteiger partial charge in [0, 0.05) is 5.56 Å². The highest BCUT2D eigenvalue weighted by Crippen LogP contribution is 2.34. The zero-order chi connectivity index (χ0) is 14.9. The van der Waals surface area contributed by atoms with Crippen LogP contribution in [0.2, 0.25) is 0 Å². The summed E-state index contributed by atoms with van der Waals surface area (Å²) in [5.74, 6) is 1.72. The van der Waals surface area contributed by atoms with Crippen molar-refractivity contribution in [2.24, 2.45) is 0 Å². The highest BCUT2D eigenvalue weighted by Gasteiger charge is 2.12. The molecule has 0 aliphatic carbocycles. The SMILES string of the molecule is CCc1cc(Oc2c(C)c(C)cc(C)c2C)ccc1[O]. The largest absolute Gasteiger partial charge is 0.457 e. The number of hydrogen-bond acceptors (Lipinski definition) is 1. The highest BCUT2D eigenvalue weighted by atomic mass is 16.5. The lowest BCUT2D eigenvalue weighted by atomic mass is 10.00.